The zero-order valence-corrected chi connectivity index (χ0v) is 15.0. The predicted molar refractivity (Wildman–Crippen MR) is 94.9 cm³/mol. The van der Waals surface area contributed by atoms with Crippen molar-refractivity contribution in [2.45, 2.75) is 12.8 Å². The fourth-order valence-corrected chi connectivity index (χ4v) is 3.41. The lowest BCUT2D eigenvalue weighted by molar-refractivity contribution is -0.119. The highest BCUT2D eigenvalue weighted by molar-refractivity contribution is 7.89. The number of hydrogen-bond donors (Lipinski definition) is 2. The topological polar surface area (TPSA) is 79.0 Å². The quantitative estimate of drug-likeness (QED) is 0.695. The van der Waals surface area contributed by atoms with Crippen molar-refractivity contribution in [2.75, 3.05) is 6.26 Å². The number of amides is 1. The Morgan fingerprint density at radius 2 is 1.74 bits per heavy atom. The molecule has 1 aromatic heterocycles. The van der Waals surface area contributed by atoms with Gasteiger partial charge in [-0.05, 0) is 47.9 Å². The minimum atomic E-state index is -3.71. The molecule has 0 unspecified atom stereocenters. The number of aromatic nitrogens is 1. The molecular weight excluding hydrogens is 381 g/mol. The standard InChI is InChI=1S/C18H15F3N2O3S/c1-27(25,26)23-16(24)7-6-13-14-8-12(20)9-15(21)18(14)22-17(13)10-2-4-11(19)5-3-10/h2-5,8-9,22H,6-7H2,1H3,(H,23,24). The van der Waals surface area contributed by atoms with Gasteiger partial charge in [0.25, 0.3) is 0 Å². The maximum absolute atomic E-state index is 14.2. The lowest BCUT2D eigenvalue weighted by atomic mass is 10.0. The van der Waals surface area contributed by atoms with Crippen molar-refractivity contribution >= 4 is 26.8 Å². The van der Waals surface area contributed by atoms with Crippen LogP contribution in [0.25, 0.3) is 22.2 Å². The summed E-state index contributed by atoms with van der Waals surface area (Å²) in [5, 5.41) is 0.235. The van der Waals surface area contributed by atoms with Crippen LogP contribution in [0.2, 0.25) is 0 Å². The Balaban J connectivity index is 2.06. The number of aryl methyl sites for hydroxylation is 1. The van der Waals surface area contributed by atoms with Crippen LogP contribution in [0.4, 0.5) is 13.2 Å². The van der Waals surface area contributed by atoms with Crippen molar-refractivity contribution < 1.29 is 26.4 Å². The number of benzene rings is 2. The maximum Gasteiger partial charge on any atom is 0.233 e. The van der Waals surface area contributed by atoms with Gasteiger partial charge in [-0.1, -0.05) is 0 Å². The minimum absolute atomic E-state index is 0.0248. The van der Waals surface area contributed by atoms with E-state index in [2.05, 4.69) is 4.98 Å². The number of carbonyl (C=O) groups is 1. The molecule has 0 spiro atoms. The van der Waals surface area contributed by atoms with E-state index in [-0.39, 0.29) is 23.7 Å². The monoisotopic (exact) mass is 396 g/mol. The van der Waals surface area contributed by atoms with E-state index in [0.29, 0.717) is 16.8 Å². The summed E-state index contributed by atoms with van der Waals surface area (Å²) in [4.78, 5) is 14.7. The molecule has 27 heavy (non-hydrogen) atoms. The summed E-state index contributed by atoms with van der Waals surface area (Å²) < 4.78 is 65.2. The van der Waals surface area contributed by atoms with Gasteiger partial charge in [-0.2, -0.15) is 0 Å². The highest BCUT2D eigenvalue weighted by Crippen LogP contribution is 2.33. The van der Waals surface area contributed by atoms with E-state index < -0.39 is 33.4 Å². The molecule has 2 N–H and O–H groups in total. The second-order valence-electron chi connectivity index (χ2n) is 6.09. The number of rotatable bonds is 5. The Labute approximate surface area is 153 Å². The van der Waals surface area contributed by atoms with Crippen LogP contribution in [-0.4, -0.2) is 25.6 Å². The van der Waals surface area contributed by atoms with E-state index in [9.17, 15) is 26.4 Å². The molecule has 5 nitrogen and oxygen atoms in total. The molecule has 0 aliphatic carbocycles. The number of aromatic amines is 1. The van der Waals surface area contributed by atoms with E-state index in [1.54, 1.807) is 0 Å². The molecule has 0 aliphatic rings. The number of H-pyrrole nitrogens is 1. The predicted octanol–water partition coefficient (Wildman–Crippen LogP) is 3.26. The molecule has 2 aromatic carbocycles. The van der Waals surface area contributed by atoms with Gasteiger partial charge in [-0.25, -0.2) is 21.6 Å². The number of fused-ring (bicyclic) bond motifs is 1. The van der Waals surface area contributed by atoms with Crippen LogP contribution in [0.1, 0.15) is 12.0 Å². The van der Waals surface area contributed by atoms with Crippen molar-refractivity contribution in [3.05, 3.63) is 59.4 Å². The molecule has 0 radical (unpaired) electrons. The summed E-state index contributed by atoms with van der Waals surface area (Å²) in [6.07, 6.45) is 0.661. The molecule has 0 atom stereocenters. The van der Waals surface area contributed by atoms with Gasteiger partial charge in [0.2, 0.25) is 15.9 Å². The van der Waals surface area contributed by atoms with Crippen LogP contribution in [-0.2, 0) is 21.2 Å². The highest BCUT2D eigenvalue weighted by atomic mass is 32.2. The van der Waals surface area contributed by atoms with Crippen molar-refractivity contribution in [2.24, 2.45) is 0 Å². The fraction of sp³-hybridized carbons (Fsp3) is 0.167. The Bertz CT molecular complexity index is 1120. The third-order valence-corrected chi connectivity index (χ3v) is 4.56. The van der Waals surface area contributed by atoms with E-state index >= 15 is 0 Å². The SMILES string of the molecule is CS(=O)(=O)NC(=O)CCc1c(-c2ccc(F)cc2)[nH]c2c(F)cc(F)cc12. The van der Waals surface area contributed by atoms with E-state index in [1.165, 1.54) is 24.3 Å². The number of hydrogen-bond acceptors (Lipinski definition) is 3. The summed E-state index contributed by atoms with van der Waals surface area (Å²) in [6, 6.07) is 7.23. The molecule has 0 saturated heterocycles. The van der Waals surface area contributed by atoms with Gasteiger partial charge >= 0.3 is 0 Å². The highest BCUT2D eigenvalue weighted by Gasteiger charge is 2.19. The molecule has 3 rings (SSSR count). The first-order valence-corrected chi connectivity index (χ1v) is 9.79. The molecule has 0 saturated carbocycles. The molecule has 9 heteroatoms. The van der Waals surface area contributed by atoms with Crippen LogP contribution in [0.3, 0.4) is 0 Å². The van der Waals surface area contributed by atoms with Gasteiger partial charge < -0.3 is 4.98 Å². The molecule has 3 aromatic rings. The van der Waals surface area contributed by atoms with Gasteiger partial charge in [0.05, 0.1) is 11.8 Å². The summed E-state index contributed by atoms with van der Waals surface area (Å²) in [6.45, 7) is 0. The largest absolute Gasteiger partial charge is 0.352 e. The zero-order chi connectivity index (χ0) is 19.8. The Hall–Kier alpha value is -2.81. The molecule has 0 fully saturated rings. The molecule has 1 amide bonds. The Kier molecular flexibility index (Phi) is 4.97. The van der Waals surface area contributed by atoms with E-state index in [0.717, 1.165) is 18.4 Å². The van der Waals surface area contributed by atoms with Crippen LogP contribution in [0, 0.1) is 17.5 Å². The average molecular weight is 396 g/mol. The van der Waals surface area contributed by atoms with Crippen molar-refractivity contribution in [3.63, 3.8) is 0 Å². The molecule has 1 heterocycles. The summed E-state index contributed by atoms with van der Waals surface area (Å²) in [5.74, 6) is -2.79. The minimum Gasteiger partial charge on any atom is -0.352 e. The summed E-state index contributed by atoms with van der Waals surface area (Å²) in [7, 11) is -3.71. The Morgan fingerprint density at radius 1 is 1.07 bits per heavy atom. The van der Waals surface area contributed by atoms with Crippen molar-refractivity contribution in [3.8, 4) is 11.3 Å². The third kappa shape index (κ3) is 4.30. The van der Waals surface area contributed by atoms with Crippen LogP contribution >= 0.6 is 0 Å². The first-order chi connectivity index (χ1) is 12.6. The van der Waals surface area contributed by atoms with Crippen molar-refractivity contribution in [1.82, 2.24) is 9.71 Å². The van der Waals surface area contributed by atoms with Gasteiger partial charge in [0.1, 0.15) is 17.5 Å². The second-order valence-corrected chi connectivity index (χ2v) is 7.84. The van der Waals surface area contributed by atoms with E-state index in [4.69, 9.17) is 0 Å². The van der Waals surface area contributed by atoms with Gasteiger partial charge in [0, 0.05) is 23.6 Å². The number of halogens is 3. The van der Waals surface area contributed by atoms with Gasteiger partial charge in [-0.3, -0.25) is 9.52 Å². The van der Waals surface area contributed by atoms with Crippen LogP contribution in [0.5, 0.6) is 0 Å². The summed E-state index contributed by atoms with van der Waals surface area (Å²) in [5.41, 5.74) is 1.40. The number of carbonyl (C=O) groups excluding carboxylic acids is 1. The smallest absolute Gasteiger partial charge is 0.233 e. The van der Waals surface area contributed by atoms with Crippen LogP contribution in [0.15, 0.2) is 36.4 Å². The first kappa shape index (κ1) is 19.0. The fourth-order valence-electron chi connectivity index (χ4n) is 2.89. The van der Waals surface area contributed by atoms with Crippen LogP contribution < -0.4 is 4.72 Å². The Morgan fingerprint density at radius 3 is 2.37 bits per heavy atom. The van der Waals surface area contributed by atoms with Gasteiger partial charge in [-0.15, -0.1) is 0 Å². The molecule has 0 bridgehead atoms. The number of nitrogens with one attached hydrogen (secondary N) is 2. The summed E-state index contributed by atoms with van der Waals surface area (Å²) >= 11 is 0. The lowest BCUT2D eigenvalue weighted by Crippen LogP contribution is -2.29. The van der Waals surface area contributed by atoms with Crippen molar-refractivity contribution in [1.29, 1.82) is 0 Å². The lowest BCUT2D eigenvalue weighted by Gasteiger charge is -2.06. The number of sulfonamides is 1. The first-order valence-electron chi connectivity index (χ1n) is 7.90. The normalized spacial score (nSPS) is 11.7. The van der Waals surface area contributed by atoms with E-state index in [1.807, 2.05) is 4.72 Å². The second kappa shape index (κ2) is 7.07. The average Bonchev–Trinajstić information content (AvgIpc) is 2.91. The zero-order valence-electron chi connectivity index (χ0n) is 14.1. The maximum atomic E-state index is 14.2. The molecular formula is C18H15F3N2O3S. The van der Waals surface area contributed by atoms with Gasteiger partial charge in [0.15, 0.2) is 0 Å². The molecule has 0 aliphatic heterocycles. The third-order valence-electron chi connectivity index (χ3n) is 3.97. The molecule has 142 valence electrons.